The summed E-state index contributed by atoms with van der Waals surface area (Å²) in [5.41, 5.74) is 0.619. The minimum Gasteiger partial charge on any atom is -0.395 e. The van der Waals surface area contributed by atoms with Crippen LogP contribution in [-0.2, 0) is 0 Å². The monoisotopic (exact) mass is 301 g/mol. The minimum atomic E-state index is -0.0284. The highest BCUT2D eigenvalue weighted by Gasteiger charge is 2.13. The lowest BCUT2D eigenvalue weighted by Crippen LogP contribution is -2.34. The minimum absolute atomic E-state index is 0.0246. The predicted octanol–water partition coefficient (Wildman–Crippen LogP) is 0.918. The molecule has 0 aliphatic carbocycles. The summed E-state index contributed by atoms with van der Waals surface area (Å²) in [4.78, 5) is 13.7. The van der Waals surface area contributed by atoms with E-state index in [2.05, 4.69) is 15.9 Å². The van der Waals surface area contributed by atoms with Crippen molar-refractivity contribution in [3.05, 3.63) is 34.3 Å². The Hall–Kier alpha value is -0.750. The number of aliphatic hydroxyl groups excluding tert-OH is 2. The molecule has 0 radical (unpaired) electrons. The van der Waals surface area contributed by atoms with E-state index >= 15 is 0 Å². The van der Waals surface area contributed by atoms with Gasteiger partial charge in [0.15, 0.2) is 5.78 Å². The third-order valence-corrected chi connectivity index (χ3v) is 3.07. The number of Topliss-reactive ketones (excluding diaryl/α,β-unsaturated/α-hetero) is 1. The van der Waals surface area contributed by atoms with Crippen molar-refractivity contribution in [1.82, 2.24) is 4.90 Å². The molecule has 0 atom stereocenters. The van der Waals surface area contributed by atoms with Crippen molar-refractivity contribution >= 4 is 21.7 Å². The predicted molar refractivity (Wildman–Crippen MR) is 69.1 cm³/mol. The average Bonchev–Trinajstić information content (AvgIpc) is 2.30. The lowest BCUT2D eigenvalue weighted by Gasteiger charge is -2.19. The third kappa shape index (κ3) is 4.55. The highest BCUT2D eigenvalue weighted by Crippen LogP contribution is 2.16. The summed E-state index contributed by atoms with van der Waals surface area (Å²) in [5, 5.41) is 17.7. The van der Waals surface area contributed by atoms with Crippen molar-refractivity contribution in [2.45, 2.75) is 0 Å². The Bertz CT molecular complexity index is 365. The molecule has 0 saturated heterocycles. The van der Waals surface area contributed by atoms with E-state index in [1.54, 1.807) is 17.0 Å². The second-order valence-electron chi connectivity index (χ2n) is 3.63. The van der Waals surface area contributed by atoms with Gasteiger partial charge >= 0.3 is 0 Å². The molecule has 4 nitrogen and oxygen atoms in total. The summed E-state index contributed by atoms with van der Waals surface area (Å²) in [5.74, 6) is -0.0284. The number of aliphatic hydroxyl groups is 2. The third-order valence-electron chi connectivity index (χ3n) is 2.37. The zero-order valence-corrected chi connectivity index (χ0v) is 11.1. The summed E-state index contributed by atoms with van der Waals surface area (Å²) >= 11 is 3.33. The number of nitrogens with zero attached hydrogens (tertiary/aromatic N) is 1. The van der Waals surface area contributed by atoms with Crippen molar-refractivity contribution in [1.29, 1.82) is 0 Å². The van der Waals surface area contributed by atoms with Gasteiger partial charge in [-0.05, 0) is 6.07 Å². The lowest BCUT2D eigenvalue weighted by atomic mass is 10.1. The first-order valence-electron chi connectivity index (χ1n) is 5.41. The van der Waals surface area contributed by atoms with Crippen LogP contribution in [0.3, 0.4) is 0 Å². The van der Waals surface area contributed by atoms with Gasteiger partial charge in [-0.25, -0.2) is 0 Å². The van der Waals surface area contributed by atoms with Crippen LogP contribution in [-0.4, -0.2) is 53.7 Å². The standard InChI is InChI=1S/C12H16BrNO3/c13-11-4-2-1-3-10(11)12(17)9-14(5-7-15)6-8-16/h1-4,15-16H,5-9H2. The summed E-state index contributed by atoms with van der Waals surface area (Å²) in [6, 6.07) is 7.22. The molecular weight excluding hydrogens is 286 g/mol. The molecular formula is C12H16BrNO3. The number of carbonyl (C=O) groups excluding carboxylic acids is 1. The molecule has 0 amide bonds. The molecule has 0 saturated carbocycles. The first-order chi connectivity index (χ1) is 8.19. The number of hydrogen-bond donors (Lipinski definition) is 2. The Morgan fingerprint density at radius 3 is 2.29 bits per heavy atom. The van der Waals surface area contributed by atoms with Crippen LogP contribution in [0.5, 0.6) is 0 Å². The summed E-state index contributed by atoms with van der Waals surface area (Å²) in [7, 11) is 0. The molecule has 0 aliphatic heterocycles. The molecule has 0 bridgehead atoms. The molecule has 17 heavy (non-hydrogen) atoms. The van der Waals surface area contributed by atoms with Gasteiger partial charge in [-0.15, -0.1) is 0 Å². The van der Waals surface area contributed by atoms with Gasteiger partial charge in [0.05, 0.1) is 19.8 Å². The molecule has 0 fully saturated rings. The van der Waals surface area contributed by atoms with E-state index in [4.69, 9.17) is 10.2 Å². The smallest absolute Gasteiger partial charge is 0.177 e. The highest BCUT2D eigenvalue weighted by atomic mass is 79.9. The Morgan fingerprint density at radius 1 is 1.18 bits per heavy atom. The van der Waals surface area contributed by atoms with Crippen LogP contribution in [0.15, 0.2) is 28.7 Å². The van der Waals surface area contributed by atoms with Gasteiger partial charge in [0, 0.05) is 23.1 Å². The molecule has 94 valence electrons. The van der Waals surface area contributed by atoms with E-state index in [9.17, 15) is 4.79 Å². The number of rotatable bonds is 7. The fourth-order valence-corrected chi connectivity index (χ4v) is 2.03. The SMILES string of the molecule is O=C(CN(CCO)CCO)c1ccccc1Br. The van der Waals surface area contributed by atoms with Gasteiger partial charge in [0.25, 0.3) is 0 Å². The summed E-state index contributed by atoms with van der Waals surface area (Å²) in [6.45, 7) is 0.920. The Labute approximate surface area is 109 Å². The number of benzene rings is 1. The van der Waals surface area contributed by atoms with Crippen molar-refractivity contribution in [2.24, 2.45) is 0 Å². The van der Waals surface area contributed by atoms with Gasteiger partial charge in [0.1, 0.15) is 0 Å². The van der Waals surface area contributed by atoms with Crippen LogP contribution < -0.4 is 0 Å². The first-order valence-corrected chi connectivity index (χ1v) is 6.20. The average molecular weight is 302 g/mol. The van der Waals surface area contributed by atoms with E-state index in [-0.39, 0.29) is 25.5 Å². The molecule has 0 aliphatic rings. The van der Waals surface area contributed by atoms with Crippen LogP contribution in [0.1, 0.15) is 10.4 Å². The normalized spacial score (nSPS) is 10.8. The largest absolute Gasteiger partial charge is 0.395 e. The van der Waals surface area contributed by atoms with Crippen molar-refractivity contribution in [2.75, 3.05) is 32.8 Å². The van der Waals surface area contributed by atoms with Crippen LogP contribution >= 0.6 is 15.9 Å². The van der Waals surface area contributed by atoms with E-state index < -0.39 is 0 Å². The summed E-state index contributed by atoms with van der Waals surface area (Å²) in [6.07, 6.45) is 0. The van der Waals surface area contributed by atoms with E-state index in [1.807, 2.05) is 12.1 Å². The molecule has 2 N–H and O–H groups in total. The van der Waals surface area contributed by atoms with Crippen LogP contribution in [0.2, 0.25) is 0 Å². The number of halogens is 1. The van der Waals surface area contributed by atoms with Gasteiger partial charge in [0.2, 0.25) is 0 Å². The second kappa shape index (κ2) is 7.55. The van der Waals surface area contributed by atoms with Crippen LogP contribution in [0.25, 0.3) is 0 Å². The van der Waals surface area contributed by atoms with Crippen molar-refractivity contribution in [3.8, 4) is 0 Å². The van der Waals surface area contributed by atoms with Gasteiger partial charge in [-0.3, -0.25) is 9.69 Å². The number of hydrogen-bond acceptors (Lipinski definition) is 4. The molecule has 0 heterocycles. The van der Waals surface area contributed by atoms with E-state index in [0.717, 1.165) is 4.47 Å². The molecule has 1 rings (SSSR count). The van der Waals surface area contributed by atoms with Crippen molar-refractivity contribution in [3.63, 3.8) is 0 Å². The fraction of sp³-hybridized carbons (Fsp3) is 0.417. The number of ketones is 1. The Kier molecular flexibility index (Phi) is 6.36. The molecule has 0 unspecified atom stereocenters. The zero-order valence-electron chi connectivity index (χ0n) is 9.47. The zero-order chi connectivity index (χ0) is 12.7. The number of carbonyl (C=O) groups is 1. The van der Waals surface area contributed by atoms with Gasteiger partial charge in [-0.2, -0.15) is 0 Å². The molecule has 1 aromatic carbocycles. The maximum Gasteiger partial charge on any atom is 0.177 e. The van der Waals surface area contributed by atoms with Gasteiger partial charge in [-0.1, -0.05) is 34.1 Å². The maximum atomic E-state index is 12.0. The fourth-order valence-electron chi connectivity index (χ4n) is 1.53. The van der Waals surface area contributed by atoms with E-state index in [0.29, 0.717) is 18.7 Å². The summed E-state index contributed by atoms with van der Waals surface area (Å²) < 4.78 is 0.762. The maximum absolute atomic E-state index is 12.0. The highest BCUT2D eigenvalue weighted by molar-refractivity contribution is 9.10. The molecule has 5 heteroatoms. The first kappa shape index (κ1) is 14.3. The Morgan fingerprint density at radius 2 is 1.76 bits per heavy atom. The van der Waals surface area contributed by atoms with Crippen LogP contribution in [0.4, 0.5) is 0 Å². The Balaban J connectivity index is 2.67. The van der Waals surface area contributed by atoms with E-state index in [1.165, 1.54) is 0 Å². The molecule has 0 spiro atoms. The topological polar surface area (TPSA) is 60.8 Å². The molecule has 1 aromatic rings. The van der Waals surface area contributed by atoms with Crippen molar-refractivity contribution < 1.29 is 15.0 Å². The van der Waals surface area contributed by atoms with Crippen LogP contribution in [0, 0.1) is 0 Å². The second-order valence-corrected chi connectivity index (χ2v) is 4.48. The van der Waals surface area contributed by atoms with Gasteiger partial charge < -0.3 is 10.2 Å². The lowest BCUT2D eigenvalue weighted by molar-refractivity contribution is 0.0893. The molecule has 0 aromatic heterocycles. The quantitative estimate of drug-likeness (QED) is 0.735.